The molecule has 1 aromatic heterocycles. The molecule has 208 valence electrons. The van der Waals surface area contributed by atoms with Crippen molar-refractivity contribution in [3.05, 3.63) is 41.7 Å². The maximum Gasteiger partial charge on any atom is 0.490 e. The number of allylic oxidation sites excluding steroid dienone is 1. The van der Waals surface area contributed by atoms with Gasteiger partial charge in [-0.1, -0.05) is 5.57 Å². The molecule has 2 aliphatic rings. The monoisotopic (exact) mass is 543 g/mol. The number of ether oxygens (including phenoxy) is 1. The average molecular weight is 543 g/mol. The van der Waals surface area contributed by atoms with Gasteiger partial charge < -0.3 is 19.8 Å². The van der Waals surface area contributed by atoms with Crippen molar-refractivity contribution in [3.63, 3.8) is 0 Å². The van der Waals surface area contributed by atoms with Gasteiger partial charge in [0.05, 0.1) is 18.8 Å². The molecule has 2 atom stereocenters. The van der Waals surface area contributed by atoms with Gasteiger partial charge in [0.1, 0.15) is 0 Å². The summed E-state index contributed by atoms with van der Waals surface area (Å²) < 4.78 is 69.4. The van der Waals surface area contributed by atoms with E-state index in [0.717, 1.165) is 44.8 Å². The Labute approximate surface area is 208 Å². The first-order chi connectivity index (χ1) is 17.0. The number of morpholine rings is 1. The van der Waals surface area contributed by atoms with Gasteiger partial charge in [-0.15, -0.1) is 0 Å². The minimum Gasteiger partial charge on any atom is -0.475 e. The van der Waals surface area contributed by atoms with Crippen molar-refractivity contribution in [3.8, 4) is 0 Å². The Morgan fingerprint density at radius 3 is 2.00 bits per heavy atom. The number of carbonyl (C=O) groups is 3. The molecule has 0 unspecified atom stereocenters. The van der Waals surface area contributed by atoms with Crippen LogP contribution in [-0.4, -0.2) is 93.6 Å². The van der Waals surface area contributed by atoms with Crippen molar-refractivity contribution in [2.75, 3.05) is 26.2 Å². The molecule has 9 nitrogen and oxygen atoms in total. The van der Waals surface area contributed by atoms with Crippen molar-refractivity contribution in [1.29, 1.82) is 0 Å². The third kappa shape index (κ3) is 11.6. The van der Waals surface area contributed by atoms with Crippen molar-refractivity contribution in [2.45, 2.75) is 51.3 Å². The molecule has 3 heterocycles. The van der Waals surface area contributed by atoms with Gasteiger partial charge >= 0.3 is 24.3 Å². The molecule has 15 heteroatoms. The molecule has 3 rings (SSSR count). The number of aliphatic carboxylic acids is 2. The van der Waals surface area contributed by atoms with Crippen LogP contribution in [0.3, 0.4) is 0 Å². The summed E-state index contributed by atoms with van der Waals surface area (Å²) in [6, 6.07) is 4.39. The molecule has 2 aliphatic heterocycles. The van der Waals surface area contributed by atoms with Gasteiger partial charge in [0.15, 0.2) is 0 Å². The minimum atomic E-state index is -5.08. The smallest absolute Gasteiger partial charge is 0.475 e. The van der Waals surface area contributed by atoms with Crippen LogP contribution >= 0.6 is 0 Å². The van der Waals surface area contributed by atoms with E-state index in [2.05, 4.69) is 22.0 Å². The SMILES string of the molecule is CC(C)=CC(=O)N1CC[C@@H]2OCCN(Cc3ccncc3)[C@H]2C1.O=C(O)C(F)(F)F.O=C(O)C(F)(F)F. The van der Waals surface area contributed by atoms with Crippen LogP contribution in [0.4, 0.5) is 26.3 Å². The molecule has 0 saturated carbocycles. The van der Waals surface area contributed by atoms with Crippen LogP contribution < -0.4 is 0 Å². The van der Waals surface area contributed by atoms with E-state index < -0.39 is 24.3 Å². The Morgan fingerprint density at radius 1 is 1.03 bits per heavy atom. The summed E-state index contributed by atoms with van der Waals surface area (Å²) in [7, 11) is 0. The number of carbonyl (C=O) groups excluding carboxylic acids is 1. The average Bonchev–Trinajstić information content (AvgIpc) is 2.79. The number of hydrogen-bond acceptors (Lipinski definition) is 6. The zero-order valence-electron chi connectivity index (χ0n) is 19.9. The van der Waals surface area contributed by atoms with Gasteiger partial charge in [0.2, 0.25) is 5.91 Å². The standard InChI is InChI=1S/C18H25N3O2.2C2HF3O2/c1-14(2)11-18(22)21-8-5-17-16(13-21)20(9-10-23-17)12-15-3-6-19-7-4-15;2*3-2(4,5)1(6)7/h3-4,6-7,11,16-17H,5,8-10,12-13H2,1-2H3;2*(H,6,7)/t16-,17-;;/m0../s1. The highest BCUT2D eigenvalue weighted by molar-refractivity contribution is 5.88. The number of hydrogen-bond donors (Lipinski definition) is 2. The quantitative estimate of drug-likeness (QED) is 0.441. The molecule has 2 fully saturated rings. The lowest BCUT2D eigenvalue weighted by atomic mass is 9.98. The third-order valence-corrected chi connectivity index (χ3v) is 5.04. The second kappa shape index (κ2) is 13.9. The predicted octanol–water partition coefficient (Wildman–Crippen LogP) is 3.12. The van der Waals surface area contributed by atoms with Crippen molar-refractivity contribution >= 4 is 17.8 Å². The molecular weight excluding hydrogens is 516 g/mol. The van der Waals surface area contributed by atoms with Crippen molar-refractivity contribution in [1.82, 2.24) is 14.8 Å². The summed E-state index contributed by atoms with van der Waals surface area (Å²) in [6.45, 7) is 8.03. The summed E-state index contributed by atoms with van der Waals surface area (Å²) in [4.78, 5) is 38.6. The Morgan fingerprint density at radius 2 is 1.54 bits per heavy atom. The van der Waals surface area contributed by atoms with Crippen molar-refractivity contribution < 1.29 is 55.7 Å². The zero-order valence-corrected chi connectivity index (χ0v) is 19.9. The van der Waals surface area contributed by atoms with Crippen LogP contribution in [0.5, 0.6) is 0 Å². The molecule has 2 saturated heterocycles. The lowest BCUT2D eigenvalue weighted by molar-refractivity contribution is -0.193. The predicted molar refractivity (Wildman–Crippen MR) is 116 cm³/mol. The lowest BCUT2D eigenvalue weighted by Crippen LogP contribution is -2.60. The molecule has 2 N–H and O–H groups in total. The molecule has 0 spiro atoms. The fourth-order valence-corrected chi connectivity index (χ4v) is 3.40. The second-order valence-electron chi connectivity index (χ2n) is 8.20. The van der Waals surface area contributed by atoms with E-state index in [0.29, 0.717) is 0 Å². The fourth-order valence-electron chi connectivity index (χ4n) is 3.40. The number of fused-ring (bicyclic) bond motifs is 1. The molecule has 37 heavy (non-hydrogen) atoms. The number of pyridine rings is 1. The van der Waals surface area contributed by atoms with Gasteiger partial charge in [-0.05, 0) is 38.0 Å². The highest BCUT2D eigenvalue weighted by atomic mass is 19.4. The van der Waals surface area contributed by atoms with Crippen LogP contribution in [0.1, 0.15) is 25.8 Å². The summed E-state index contributed by atoms with van der Waals surface area (Å²) in [5, 5.41) is 14.2. The first kappa shape index (κ1) is 31.8. The van der Waals surface area contributed by atoms with Gasteiger partial charge in [0.25, 0.3) is 0 Å². The first-order valence-corrected chi connectivity index (χ1v) is 10.8. The van der Waals surface area contributed by atoms with Crippen LogP contribution in [-0.2, 0) is 25.7 Å². The van der Waals surface area contributed by atoms with Gasteiger partial charge in [-0.2, -0.15) is 26.3 Å². The topological polar surface area (TPSA) is 120 Å². The molecule has 0 aromatic carbocycles. The molecule has 1 amide bonds. The van der Waals surface area contributed by atoms with Crippen LogP contribution in [0.25, 0.3) is 0 Å². The molecule has 1 aromatic rings. The molecular formula is C22H27F6N3O6. The number of alkyl halides is 6. The normalized spacial score (nSPS) is 19.7. The number of aromatic nitrogens is 1. The largest absolute Gasteiger partial charge is 0.490 e. The van der Waals surface area contributed by atoms with E-state index in [4.69, 9.17) is 24.5 Å². The van der Waals surface area contributed by atoms with E-state index in [1.165, 1.54) is 5.56 Å². The third-order valence-electron chi connectivity index (χ3n) is 5.04. The summed E-state index contributed by atoms with van der Waals surface area (Å²) in [5.41, 5.74) is 2.30. The Bertz CT molecular complexity index is 911. The maximum absolute atomic E-state index is 12.3. The van der Waals surface area contributed by atoms with Gasteiger partial charge in [-0.3, -0.25) is 14.7 Å². The lowest BCUT2D eigenvalue weighted by Gasteiger charge is -2.47. The number of carboxylic acid groups (broad SMARTS) is 2. The van der Waals surface area contributed by atoms with E-state index in [1.807, 2.05) is 31.1 Å². The fraction of sp³-hybridized carbons (Fsp3) is 0.545. The number of nitrogens with zero attached hydrogens (tertiary/aromatic N) is 3. The highest BCUT2D eigenvalue weighted by Crippen LogP contribution is 2.25. The van der Waals surface area contributed by atoms with Crippen LogP contribution in [0.2, 0.25) is 0 Å². The zero-order chi connectivity index (χ0) is 28.4. The van der Waals surface area contributed by atoms with Crippen LogP contribution in [0.15, 0.2) is 36.2 Å². The van der Waals surface area contributed by atoms with E-state index in [-0.39, 0.29) is 18.1 Å². The maximum atomic E-state index is 12.3. The minimum absolute atomic E-state index is 0.123. The molecule has 0 aliphatic carbocycles. The van der Waals surface area contributed by atoms with E-state index in [1.54, 1.807) is 6.08 Å². The number of amides is 1. The van der Waals surface area contributed by atoms with Crippen molar-refractivity contribution in [2.24, 2.45) is 0 Å². The number of rotatable bonds is 3. The molecule has 0 radical (unpaired) electrons. The van der Waals surface area contributed by atoms with E-state index >= 15 is 0 Å². The summed E-state index contributed by atoms with van der Waals surface area (Å²) in [6.07, 6.45) is -3.62. The summed E-state index contributed by atoms with van der Waals surface area (Å²) >= 11 is 0. The first-order valence-electron chi connectivity index (χ1n) is 10.8. The summed E-state index contributed by atoms with van der Waals surface area (Å²) in [5.74, 6) is -5.39. The van der Waals surface area contributed by atoms with Gasteiger partial charge in [0, 0.05) is 44.6 Å². The Hall–Kier alpha value is -3.20. The van der Waals surface area contributed by atoms with E-state index in [9.17, 15) is 31.1 Å². The molecule has 0 bridgehead atoms. The highest BCUT2D eigenvalue weighted by Gasteiger charge is 2.39. The number of piperidine rings is 1. The number of carboxylic acids is 2. The number of likely N-dealkylation sites (tertiary alicyclic amines) is 1. The second-order valence-corrected chi connectivity index (χ2v) is 8.20. The number of halogens is 6. The Balaban J connectivity index is 0.000000404. The Kier molecular flexibility index (Phi) is 12.0. The van der Waals surface area contributed by atoms with Crippen LogP contribution in [0, 0.1) is 0 Å². The van der Waals surface area contributed by atoms with Gasteiger partial charge in [-0.25, -0.2) is 9.59 Å².